The van der Waals surface area contributed by atoms with Crippen LogP contribution in [0.3, 0.4) is 0 Å². The van der Waals surface area contributed by atoms with Gasteiger partial charge in [-0.1, -0.05) is 22.9 Å². The van der Waals surface area contributed by atoms with Crippen LogP contribution < -0.4 is 5.32 Å². The van der Waals surface area contributed by atoms with Crippen LogP contribution in [0.4, 0.5) is 0 Å². The normalized spacial score (nSPS) is 12.6. The van der Waals surface area contributed by atoms with Gasteiger partial charge in [0.05, 0.1) is 11.1 Å². The molecule has 0 aliphatic carbocycles. The first-order valence-corrected chi connectivity index (χ1v) is 5.48. The van der Waals surface area contributed by atoms with Crippen LogP contribution in [0.5, 0.6) is 5.75 Å². The SMILES string of the molecule is CC(NCc1ccc(O)c(Cl)c1)c1nn[nH]n1. The van der Waals surface area contributed by atoms with Gasteiger partial charge in [0, 0.05) is 6.54 Å². The van der Waals surface area contributed by atoms with Gasteiger partial charge in [-0.15, -0.1) is 10.2 Å². The molecule has 0 saturated heterocycles. The minimum Gasteiger partial charge on any atom is -0.506 e. The van der Waals surface area contributed by atoms with Gasteiger partial charge in [-0.3, -0.25) is 0 Å². The third kappa shape index (κ3) is 2.92. The lowest BCUT2D eigenvalue weighted by Crippen LogP contribution is -2.19. The number of aromatic nitrogens is 4. The molecular formula is C10H12ClN5O. The zero-order chi connectivity index (χ0) is 12.3. The van der Waals surface area contributed by atoms with E-state index in [1.807, 2.05) is 6.92 Å². The van der Waals surface area contributed by atoms with E-state index in [1.165, 1.54) is 0 Å². The molecule has 6 nitrogen and oxygen atoms in total. The molecule has 0 bridgehead atoms. The number of nitrogens with zero attached hydrogens (tertiary/aromatic N) is 3. The van der Waals surface area contributed by atoms with Crippen LogP contribution in [0, 0.1) is 0 Å². The lowest BCUT2D eigenvalue weighted by Gasteiger charge is -2.10. The van der Waals surface area contributed by atoms with Crippen molar-refractivity contribution in [2.75, 3.05) is 0 Å². The Hall–Kier alpha value is -1.66. The molecule has 1 aromatic heterocycles. The molecule has 3 N–H and O–H groups in total. The summed E-state index contributed by atoms with van der Waals surface area (Å²) < 4.78 is 0. The molecule has 1 aromatic carbocycles. The lowest BCUT2D eigenvalue weighted by atomic mass is 10.2. The fourth-order valence-corrected chi connectivity index (χ4v) is 1.58. The molecule has 0 spiro atoms. The second-order valence-corrected chi connectivity index (χ2v) is 4.07. The predicted molar refractivity (Wildman–Crippen MR) is 62.5 cm³/mol. The zero-order valence-electron chi connectivity index (χ0n) is 9.18. The molecule has 17 heavy (non-hydrogen) atoms. The Morgan fingerprint density at radius 2 is 2.35 bits per heavy atom. The molecule has 90 valence electrons. The Balaban J connectivity index is 1.96. The van der Waals surface area contributed by atoms with E-state index in [9.17, 15) is 5.11 Å². The van der Waals surface area contributed by atoms with Crippen LogP contribution in [-0.2, 0) is 6.54 Å². The fourth-order valence-electron chi connectivity index (χ4n) is 1.38. The summed E-state index contributed by atoms with van der Waals surface area (Å²) in [5.41, 5.74) is 0.975. The van der Waals surface area contributed by atoms with E-state index in [0.717, 1.165) is 5.56 Å². The van der Waals surface area contributed by atoms with Crippen molar-refractivity contribution in [2.24, 2.45) is 0 Å². The highest BCUT2D eigenvalue weighted by atomic mass is 35.5. The average Bonchev–Trinajstić information content (AvgIpc) is 2.84. The van der Waals surface area contributed by atoms with Gasteiger partial charge < -0.3 is 10.4 Å². The number of aromatic amines is 1. The standard InChI is InChI=1S/C10H12ClN5O/c1-6(10-13-15-16-14-10)12-5-7-2-3-9(17)8(11)4-7/h2-4,6,12,17H,5H2,1H3,(H,13,14,15,16). The molecule has 7 heteroatoms. The lowest BCUT2D eigenvalue weighted by molar-refractivity contribution is 0.475. The van der Waals surface area contributed by atoms with Gasteiger partial charge in [0.1, 0.15) is 5.75 Å². The van der Waals surface area contributed by atoms with E-state index in [2.05, 4.69) is 25.9 Å². The summed E-state index contributed by atoms with van der Waals surface area (Å²) in [4.78, 5) is 0. The van der Waals surface area contributed by atoms with Crippen molar-refractivity contribution in [3.63, 3.8) is 0 Å². The number of aromatic hydroxyl groups is 1. The second-order valence-electron chi connectivity index (χ2n) is 3.66. The van der Waals surface area contributed by atoms with Gasteiger partial charge in [-0.25, -0.2) is 0 Å². The molecule has 1 heterocycles. The number of rotatable bonds is 4. The molecule has 2 aromatic rings. The quantitative estimate of drug-likeness (QED) is 0.767. The first-order chi connectivity index (χ1) is 8.16. The maximum Gasteiger partial charge on any atom is 0.191 e. The first kappa shape index (κ1) is 11.8. The summed E-state index contributed by atoms with van der Waals surface area (Å²) in [6.45, 7) is 2.54. The van der Waals surface area contributed by atoms with Crippen molar-refractivity contribution in [2.45, 2.75) is 19.5 Å². The maximum absolute atomic E-state index is 9.29. The molecule has 0 fully saturated rings. The molecule has 1 atom stereocenters. The highest BCUT2D eigenvalue weighted by Crippen LogP contribution is 2.23. The molecule has 0 saturated carbocycles. The number of hydrogen-bond donors (Lipinski definition) is 3. The zero-order valence-corrected chi connectivity index (χ0v) is 9.94. The molecule has 0 aliphatic heterocycles. The summed E-state index contributed by atoms with van der Waals surface area (Å²) >= 11 is 5.81. The molecule has 2 rings (SSSR count). The van der Waals surface area contributed by atoms with Crippen molar-refractivity contribution in [3.8, 4) is 5.75 Å². The molecule has 0 amide bonds. The van der Waals surface area contributed by atoms with Crippen LogP contribution in [0.1, 0.15) is 24.4 Å². The van der Waals surface area contributed by atoms with E-state index >= 15 is 0 Å². The van der Waals surface area contributed by atoms with Gasteiger partial charge in [-0.05, 0) is 24.6 Å². The summed E-state index contributed by atoms with van der Waals surface area (Å²) in [7, 11) is 0. The average molecular weight is 254 g/mol. The Kier molecular flexibility index (Phi) is 3.55. The summed E-state index contributed by atoms with van der Waals surface area (Å²) in [5, 5.41) is 26.5. The van der Waals surface area contributed by atoms with Crippen molar-refractivity contribution < 1.29 is 5.11 Å². The number of halogens is 1. The van der Waals surface area contributed by atoms with Crippen LogP contribution in [0.2, 0.25) is 5.02 Å². The highest BCUT2D eigenvalue weighted by Gasteiger charge is 2.09. The summed E-state index contributed by atoms with van der Waals surface area (Å²) in [5.74, 6) is 0.691. The monoisotopic (exact) mass is 253 g/mol. The minimum absolute atomic E-state index is 0.0127. The van der Waals surface area contributed by atoms with Gasteiger partial charge in [0.15, 0.2) is 5.82 Å². The third-order valence-corrected chi connectivity index (χ3v) is 2.68. The van der Waals surface area contributed by atoms with Crippen LogP contribution >= 0.6 is 11.6 Å². The van der Waals surface area contributed by atoms with E-state index in [1.54, 1.807) is 18.2 Å². The van der Waals surface area contributed by atoms with Crippen LogP contribution in [0.15, 0.2) is 18.2 Å². The number of hydrogen-bond acceptors (Lipinski definition) is 5. The summed E-state index contributed by atoms with van der Waals surface area (Å²) in [6, 6.07) is 5.07. The molecule has 0 radical (unpaired) electrons. The van der Waals surface area contributed by atoms with Crippen molar-refractivity contribution in [3.05, 3.63) is 34.6 Å². The van der Waals surface area contributed by atoms with Crippen molar-refractivity contribution in [1.82, 2.24) is 25.9 Å². The highest BCUT2D eigenvalue weighted by molar-refractivity contribution is 6.32. The number of phenolic OH excluding ortho intramolecular Hbond substituents is 1. The van der Waals surface area contributed by atoms with Gasteiger partial charge in [0.25, 0.3) is 0 Å². The number of H-pyrrole nitrogens is 1. The fraction of sp³-hybridized carbons (Fsp3) is 0.300. The number of phenols is 1. The van der Waals surface area contributed by atoms with Gasteiger partial charge in [-0.2, -0.15) is 5.21 Å². The number of nitrogens with one attached hydrogen (secondary N) is 2. The van der Waals surface area contributed by atoms with Gasteiger partial charge in [0.2, 0.25) is 0 Å². The molecule has 1 unspecified atom stereocenters. The Morgan fingerprint density at radius 1 is 1.53 bits per heavy atom. The van der Waals surface area contributed by atoms with E-state index < -0.39 is 0 Å². The van der Waals surface area contributed by atoms with Gasteiger partial charge >= 0.3 is 0 Å². The smallest absolute Gasteiger partial charge is 0.191 e. The topological polar surface area (TPSA) is 86.7 Å². The molecular weight excluding hydrogens is 242 g/mol. The van der Waals surface area contributed by atoms with E-state index in [-0.39, 0.29) is 11.8 Å². The first-order valence-electron chi connectivity index (χ1n) is 5.11. The number of benzene rings is 1. The van der Waals surface area contributed by atoms with E-state index in [4.69, 9.17) is 11.6 Å². The largest absolute Gasteiger partial charge is 0.506 e. The molecule has 0 aliphatic rings. The van der Waals surface area contributed by atoms with Crippen molar-refractivity contribution in [1.29, 1.82) is 0 Å². The van der Waals surface area contributed by atoms with E-state index in [0.29, 0.717) is 17.4 Å². The Bertz CT molecular complexity index is 487. The second kappa shape index (κ2) is 5.11. The predicted octanol–water partition coefficient (Wildman–Crippen LogP) is 1.41. The van der Waals surface area contributed by atoms with Crippen LogP contribution in [0.25, 0.3) is 0 Å². The van der Waals surface area contributed by atoms with Crippen molar-refractivity contribution >= 4 is 11.6 Å². The third-order valence-electron chi connectivity index (χ3n) is 2.37. The summed E-state index contributed by atoms with van der Waals surface area (Å²) in [6.07, 6.45) is 0. The maximum atomic E-state index is 9.29. The Labute approximate surface area is 103 Å². The Morgan fingerprint density at radius 3 is 3.00 bits per heavy atom. The van der Waals surface area contributed by atoms with Crippen LogP contribution in [-0.4, -0.2) is 25.7 Å². The number of tetrazole rings is 1. The minimum atomic E-state index is -0.0127.